The number of hydrogen-bond donors (Lipinski definition) is 3. The number of hydrogen-bond acceptors (Lipinski definition) is 8. The molecule has 0 saturated carbocycles. The summed E-state index contributed by atoms with van der Waals surface area (Å²) in [6.45, 7) is 7.74. The molecule has 308 valence electrons. The molecule has 1 aliphatic rings. The maximum atomic E-state index is 14.4. The maximum Gasteiger partial charge on any atom is 0.408 e. The van der Waals surface area contributed by atoms with Crippen molar-refractivity contribution in [3.63, 3.8) is 0 Å². The summed E-state index contributed by atoms with van der Waals surface area (Å²) in [5.74, 6) is -1.39. The van der Waals surface area contributed by atoms with Gasteiger partial charge in [0.1, 0.15) is 25.3 Å². The Kier molecular flexibility index (Phi) is 16.4. The van der Waals surface area contributed by atoms with Crippen LogP contribution >= 0.6 is 23.2 Å². The number of amides is 4. The van der Waals surface area contributed by atoms with E-state index < -0.39 is 42.4 Å². The Balaban J connectivity index is 1.34. The summed E-state index contributed by atoms with van der Waals surface area (Å²) in [5, 5.41) is 8.61. The SMILES string of the molecule is CCOC(CN(C(=O)C(Cc1ccc(Cl)c(Cl)c1)NC(=O)C(CNC(=O)OCC1c2ccccc2-c2ccccc21)NC(=O)OCc1ccccc1)C(C)C)OCC. The van der Waals surface area contributed by atoms with Crippen LogP contribution in [0.1, 0.15) is 55.9 Å². The number of carbonyl (C=O) groups excluding carboxylic acids is 4. The van der Waals surface area contributed by atoms with E-state index in [9.17, 15) is 19.2 Å². The van der Waals surface area contributed by atoms with Gasteiger partial charge in [0.05, 0.1) is 23.1 Å². The van der Waals surface area contributed by atoms with Gasteiger partial charge in [0.15, 0.2) is 6.29 Å². The van der Waals surface area contributed by atoms with Crippen LogP contribution in [-0.4, -0.2) is 86.2 Å². The summed E-state index contributed by atoms with van der Waals surface area (Å²) in [4.78, 5) is 56.6. The average Bonchev–Trinajstić information content (AvgIpc) is 3.54. The van der Waals surface area contributed by atoms with Gasteiger partial charge in [0.25, 0.3) is 0 Å². The molecule has 12 nitrogen and oxygen atoms in total. The summed E-state index contributed by atoms with van der Waals surface area (Å²) in [6, 6.07) is 27.0. The number of nitrogens with one attached hydrogen (secondary N) is 3. The van der Waals surface area contributed by atoms with Crippen molar-refractivity contribution in [1.29, 1.82) is 0 Å². The number of alkyl carbamates (subject to hydrolysis) is 2. The number of ether oxygens (including phenoxy) is 4. The molecule has 0 heterocycles. The highest BCUT2D eigenvalue weighted by atomic mass is 35.5. The normalized spacial score (nSPS) is 13.0. The number of benzene rings is 4. The van der Waals surface area contributed by atoms with Crippen molar-refractivity contribution in [2.75, 3.05) is 32.9 Å². The highest BCUT2D eigenvalue weighted by molar-refractivity contribution is 6.42. The quantitative estimate of drug-likeness (QED) is 0.0825. The fraction of sp³-hybridized carbons (Fsp3) is 0.364. The van der Waals surface area contributed by atoms with E-state index in [4.69, 9.17) is 42.1 Å². The highest BCUT2D eigenvalue weighted by Crippen LogP contribution is 2.44. The third-order valence-electron chi connectivity index (χ3n) is 9.61. The predicted molar refractivity (Wildman–Crippen MR) is 223 cm³/mol. The van der Waals surface area contributed by atoms with Crippen molar-refractivity contribution in [3.05, 3.63) is 129 Å². The molecular weight excluding hydrogens is 783 g/mol. The van der Waals surface area contributed by atoms with Crippen LogP contribution in [0.2, 0.25) is 10.0 Å². The van der Waals surface area contributed by atoms with E-state index in [1.165, 1.54) is 0 Å². The van der Waals surface area contributed by atoms with Crippen molar-refractivity contribution >= 4 is 47.2 Å². The van der Waals surface area contributed by atoms with Gasteiger partial charge in [-0.05, 0) is 73.2 Å². The largest absolute Gasteiger partial charge is 0.449 e. The minimum Gasteiger partial charge on any atom is -0.449 e. The maximum absolute atomic E-state index is 14.4. The van der Waals surface area contributed by atoms with Gasteiger partial charge in [-0.1, -0.05) is 108 Å². The van der Waals surface area contributed by atoms with Gasteiger partial charge in [-0.2, -0.15) is 0 Å². The standard InChI is InChI=1S/C44H50Cl2N4O8/c1-5-55-40(56-6-2)25-50(28(3)4)42(52)38(23-30-20-21-36(45)37(46)22-30)48-41(51)39(49-44(54)57-26-29-14-8-7-9-15-29)24-47-43(53)58-27-35-33-18-12-10-16-31(33)32-17-11-13-19-34(32)35/h7-22,28,35,38-40H,5-6,23-27H2,1-4H3,(H,47,53)(H,48,51)(H,49,54). The van der Waals surface area contributed by atoms with E-state index in [0.29, 0.717) is 23.8 Å². The lowest BCUT2D eigenvalue weighted by Gasteiger charge is -2.34. The molecule has 0 spiro atoms. The first-order chi connectivity index (χ1) is 28.0. The summed E-state index contributed by atoms with van der Waals surface area (Å²) in [5.41, 5.74) is 5.58. The lowest BCUT2D eigenvalue weighted by molar-refractivity contribution is -0.163. The van der Waals surface area contributed by atoms with Crippen molar-refractivity contribution in [1.82, 2.24) is 20.9 Å². The fourth-order valence-corrected chi connectivity index (χ4v) is 7.09. The van der Waals surface area contributed by atoms with Crippen LogP contribution in [0.25, 0.3) is 11.1 Å². The molecule has 0 radical (unpaired) electrons. The van der Waals surface area contributed by atoms with Crippen LogP contribution in [0.5, 0.6) is 0 Å². The first-order valence-corrected chi connectivity index (χ1v) is 20.1. The van der Waals surface area contributed by atoms with Gasteiger partial charge in [0.2, 0.25) is 11.8 Å². The van der Waals surface area contributed by atoms with E-state index in [2.05, 4.69) is 16.0 Å². The van der Waals surface area contributed by atoms with E-state index in [-0.39, 0.29) is 49.7 Å². The average molecular weight is 834 g/mol. The van der Waals surface area contributed by atoms with Crippen LogP contribution in [0.4, 0.5) is 9.59 Å². The molecule has 3 N–H and O–H groups in total. The predicted octanol–water partition coefficient (Wildman–Crippen LogP) is 7.49. The van der Waals surface area contributed by atoms with Crippen LogP contribution in [0.15, 0.2) is 97.1 Å². The first kappa shape index (κ1) is 44.0. The van der Waals surface area contributed by atoms with Crippen LogP contribution in [-0.2, 0) is 41.6 Å². The van der Waals surface area contributed by atoms with Crippen molar-refractivity contribution in [3.8, 4) is 11.1 Å². The number of rotatable bonds is 19. The molecule has 0 bridgehead atoms. The van der Waals surface area contributed by atoms with Crippen molar-refractivity contribution in [2.45, 2.75) is 71.1 Å². The Bertz CT molecular complexity index is 1970. The van der Waals surface area contributed by atoms with Crippen LogP contribution in [0, 0.1) is 0 Å². The topological polar surface area (TPSA) is 145 Å². The molecule has 0 aromatic heterocycles. The highest BCUT2D eigenvalue weighted by Gasteiger charge is 2.34. The van der Waals surface area contributed by atoms with Crippen LogP contribution < -0.4 is 16.0 Å². The van der Waals surface area contributed by atoms with E-state index in [0.717, 1.165) is 27.8 Å². The molecule has 58 heavy (non-hydrogen) atoms. The van der Waals surface area contributed by atoms with E-state index in [1.54, 1.807) is 35.2 Å². The first-order valence-electron chi connectivity index (χ1n) is 19.3. The second kappa shape index (κ2) is 21.6. The molecule has 4 aromatic rings. The molecule has 0 saturated heterocycles. The van der Waals surface area contributed by atoms with E-state index >= 15 is 0 Å². The van der Waals surface area contributed by atoms with Crippen molar-refractivity contribution in [2.24, 2.45) is 0 Å². The van der Waals surface area contributed by atoms with Gasteiger partial charge in [-0.15, -0.1) is 0 Å². The zero-order valence-corrected chi connectivity index (χ0v) is 34.6. The fourth-order valence-electron chi connectivity index (χ4n) is 6.77. The second-order valence-electron chi connectivity index (χ2n) is 13.9. The molecule has 0 fully saturated rings. The molecule has 4 amide bonds. The number of halogens is 2. The van der Waals surface area contributed by atoms with Crippen molar-refractivity contribution < 1.29 is 38.1 Å². The van der Waals surface area contributed by atoms with Gasteiger partial charge >= 0.3 is 12.2 Å². The molecule has 2 unspecified atom stereocenters. The molecule has 0 aliphatic heterocycles. The molecule has 5 rings (SSSR count). The minimum absolute atomic E-state index is 0.0175. The van der Waals surface area contributed by atoms with Gasteiger partial charge < -0.3 is 39.8 Å². The Labute approximate surface area is 349 Å². The smallest absolute Gasteiger partial charge is 0.408 e. The van der Waals surface area contributed by atoms with Crippen LogP contribution in [0.3, 0.4) is 0 Å². The zero-order chi connectivity index (χ0) is 41.6. The summed E-state index contributed by atoms with van der Waals surface area (Å²) in [6.07, 6.45) is -2.40. The Hall–Kier alpha value is -5.14. The Morgan fingerprint density at radius 1 is 0.707 bits per heavy atom. The molecular formula is C44H50Cl2N4O8. The summed E-state index contributed by atoms with van der Waals surface area (Å²) in [7, 11) is 0. The van der Waals surface area contributed by atoms with Gasteiger partial charge in [0, 0.05) is 31.6 Å². The number of nitrogens with zero attached hydrogens (tertiary/aromatic N) is 1. The lowest BCUT2D eigenvalue weighted by atomic mass is 9.98. The third-order valence-corrected chi connectivity index (χ3v) is 10.4. The minimum atomic E-state index is -1.39. The molecule has 2 atom stereocenters. The molecule has 14 heteroatoms. The zero-order valence-electron chi connectivity index (χ0n) is 33.0. The monoisotopic (exact) mass is 832 g/mol. The second-order valence-corrected chi connectivity index (χ2v) is 14.7. The lowest BCUT2D eigenvalue weighted by Crippen LogP contribution is -2.59. The van der Waals surface area contributed by atoms with E-state index in [1.807, 2.05) is 94.4 Å². The van der Waals surface area contributed by atoms with Gasteiger partial charge in [-0.3, -0.25) is 9.59 Å². The molecule has 1 aliphatic carbocycles. The summed E-state index contributed by atoms with van der Waals surface area (Å²) >= 11 is 12.5. The molecule has 4 aromatic carbocycles. The third kappa shape index (κ3) is 12.0. The Morgan fingerprint density at radius 3 is 1.93 bits per heavy atom. The van der Waals surface area contributed by atoms with Gasteiger partial charge in [-0.25, -0.2) is 9.59 Å². The number of carbonyl (C=O) groups is 4. The Morgan fingerprint density at radius 2 is 1.33 bits per heavy atom. The number of fused-ring (bicyclic) bond motifs is 3. The summed E-state index contributed by atoms with van der Waals surface area (Å²) < 4.78 is 22.6.